The zero-order valence-corrected chi connectivity index (χ0v) is 13.8. The number of benzene rings is 1. The fraction of sp³-hybridized carbons (Fsp3) is 0.176. The smallest absolute Gasteiger partial charge is 0.250 e. The lowest BCUT2D eigenvalue weighted by molar-refractivity contribution is -0.116. The Morgan fingerprint density at radius 2 is 1.78 bits per heavy atom. The molecule has 2 aromatic rings. The SMILES string of the molecule is O=C(/C=C/c1ccc(Cl)cc1)NCCCn1cc(Cl)ccc1=O. The molecule has 0 unspecified atom stereocenters. The van der Waals surface area contributed by atoms with Gasteiger partial charge in [-0.2, -0.15) is 0 Å². The van der Waals surface area contributed by atoms with Crippen LogP contribution < -0.4 is 10.9 Å². The van der Waals surface area contributed by atoms with Crippen LogP contribution in [0.2, 0.25) is 10.0 Å². The van der Waals surface area contributed by atoms with E-state index in [0.29, 0.717) is 29.6 Å². The van der Waals surface area contributed by atoms with Crippen molar-refractivity contribution in [2.45, 2.75) is 13.0 Å². The van der Waals surface area contributed by atoms with Crippen molar-refractivity contribution in [3.05, 3.63) is 74.6 Å². The number of pyridine rings is 1. The molecule has 0 atom stereocenters. The van der Waals surface area contributed by atoms with Crippen LogP contribution in [0.3, 0.4) is 0 Å². The molecule has 1 amide bonds. The number of rotatable bonds is 6. The van der Waals surface area contributed by atoms with Crippen LogP contribution in [0, 0.1) is 0 Å². The van der Waals surface area contributed by atoms with Crippen molar-refractivity contribution in [3.63, 3.8) is 0 Å². The zero-order chi connectivity index (χ0) is 16.7. The molecule has 0 fully saturated rings. The summed E-state index contributed by atoms with van der Waals surface area (Å²) in [7, 11) is 0. The van der Waals surface area contributed by atoms with Gasteiger partial charge in [-0.1, -0.05) is 35.3 Å². The molecule has 1 aromatic carbocycles. The van der Waals surface area contributed by atoms with Gasteiger partial charge in [0.25, 0.3) is 5.56 Å². The highest BCUT2D eigenvalue weighted by Crippen LogP contribution is 2.10. The van der Waals surface area contributed by atoms with E-state index >= 15 is 0 Å². The van der Waals surface area contributed by atoms with E-state index in [9.17, 15) is 9.59 Å². The molecule has 1 N–H and O–H groups in total. The van der Waals surface area contributed by atoms with Crippen LogP contribution in [0.15, 0.2) is 53.5 Å². The lowest BCUT2D eigenvalue weighted by Crippen LogP contribution is -2.25. The van der Waals surface area contributed by atoms with Crippen molar-refractivity contribution in [2.75, 3.05) is 6.54 Å². The molecule has 23 heavy (non-hydrogen) atoms. The molecular formula is C17H16Cl2N2O2. The van der Waals surface area contributed by atoms with E-state index < -0.39 is 0 Å². The molecule has 6 heteroatoms. The Morgan fingerprint density at radius 3 is 2.52 bits per heavy atom. The average molecular weight is 351 g/mol. The van der Waals surface area contributed by atoms with Crippen molar-refractivity contribution in [1.29, 1.82) is 0 Å². The normalized spacial score (nSPS) is 10.9. The topological polar surface area (TPSA) is 51.1 Å². The first-order valence-electron chi connectivity index (χ1n) is 7.12. The van der Waals surface area contributed by atoms with Crippen molar-refractivity contribution >= 4 is 35.2 Å². The standard InChI is InChI=1S/C17H16Cl2N2O2/c18-14-5-2-13(3-6-14)4-8-16(22)20-10-1-11-21-12-15(19)7-9-17(21)23/h2-9,12H,1,10-11H2,(H,20,22)/b8-4+. The molecule has 0 spiro atoms. The number of carbonyl (C=O) groups is 1. The van der Waals surface area contributed by atoms with Gasteiger partial charge in [-0.25, -0.2) is 0 Å². The summed E-state index contributed by atoms with van der Waals surface area (Å²) in [5, 5.41) is 3.94. The number of aryl methyl sites for hydroxylation is 1. The summed E-state index contributed by atoms with van der Waals surface area (Å²) in [5.41, 5.74) is 0.790. The predicted molar refractivity (Wildman–Crippen MR) is 93.8 cm³/mol. The zero-order valence-electron chi connectivity index (χ0n) is 12.3. The number of hydrogen-bond acceptors (Lipinski definition) is 2. The maximum atomic E-state index is 11.7. The first kappa shape index (κ1) is 17.3. The van der Waals surface area contributed by atoms with Gasteiger partial charge in [0.2, 0.25) is 5.91 Å². The van der Waals surface area contributed by atoms with Crippen LogP contribution in [0.1, 0.15) is 12.0 Å². The first-order chi connectivity index (χ1) is 11.0. The largest absolute Gasteiger partial charge is 0.352 e. The van der Waals surface area contributed by atoms with E-state index in [0.717, 1.165) is 5.56 Å². The van der Waals surface area contributed by atoms with Gasteiger partial charge < -0.3 is 9.88 Å². The number of carbonyl (C=O) groups excluding carboxylic acids is 1. The molecule has 0 radical (unpaired) electrons. The summed E-state index contributed by atoms with van der Waals surface area (Å²) in [6.07, 6.45) is 5.41. The summed E-state index contributed by atoms with van der Waals surface area (Å²) in [6.45, 7) is 0.976. The van der Waals surface area contributed by atoms with Gasteiger partial charge in [0.05, 0.1) is 5.02 Å². The second-order valence-electron chi connectivity index (χ2n) is 4.91. The molecule has 0 aliphatic heterocycles. The van der Waals surface area contributed by atoms with Gasteiger partial charge in [0, 0.05) is 36.5 Å². The van der Waals surface area contributed by atoms with E-state index in [1.807, 2.05) is 12.1 Å². The maximum Gasteiger partial charge on any atom is 0.250 e. The minimum atomic E-state index is -0.182. The van der Waals surface area contributed by atoms with Crippen LogP contribution in [-0.4, -0.2) is 17.0 Å². The fourth-order valence-corrected chi connectivity index (χ4v) is 2.25. The Bertz CT molecular complexity index is 752. The molecule has 1 aromatic heterocycles. The van der Waals surface area contributed by atoms with Crippen LogP contribution in [0.25, 0.3) is 6.08 Å². The predicted octanol–water partition coefficient (Wildman–Crippen LogP) is 3.37. The highest BCUT2D eigenvalue weighted by molar-refractivity contribution is 6.30. The monoisotopic (exact) mass is 350 g/mol. The molecule has 1 heterocycles. The Labute approximate surface area is 144 Å². The number of hydrogen-bond donors (Lipinski definition) is 1. The van der Waals surface area contributed by atoms with Crippen molar-refractivity contribution in [3.8, 4) is 0 Å². The highest BCUT2D eigenvalue weighted by Gasteiger charge is 1.99. The summed E-state index contributed by atoms with van der Waals surface area (Å²) in [4.78, 5) is 23.3. The number of aromatic nitrogens is 1. The number of nitrogens with one attached hydrogen (secondary N) is 1. The summed E-state index contributed by atoms with van der Waals surface area (Å²) in [5.74, 6) is -0.182. The Morgan fingerprint density at radius 1 is 1.09 bits per heavy atom. The van der Waals surface area contributed by atoms with Gasteiger partial charge >= 0.3 is 0 Å². The molecule has 0 saturated heterocycles. The maximum absolute atomic E-state index is 11.7. The molecule has 0 saturated carbocycles. The second kappa shape index (κ2) is 8.56. The number of halogens is 2. The third kappa shape index (κ3) is 5.93. The van der Waals surface area contributed by atoms with E-state index in [2.05, 4.69) is 5.32 Å². The second-order valence-corrected chi connectivity index (χ2v) is 5.78. The van der Waals surface area contributed by atoms with Crippen molar-refractivity contribution in [1.82, 2.24) is 9.88 Å². The third-order valence-electron chi connectivity index (χ3n) is 3.12. The number of amides is 1. The molecular weight excluding hydrogens is 335 g/mol. The van der Waals surface area contributed by atoms with Crippen LogP contribution in [0.4, 0.5) is 0 Å². The van der Waals surface area contributed by atoms with E-state index in [1.54, 1.807) is 30.5 Å². The van der Waals surface area contributed by atoms with Gasteiger partial charge in [-0.15, -0.1) is 0 Å². The molecule has 120 valence electrons. The third-order valence-corrected chi connectivity index (χ3v) is 3.60. The van der Waals surface area contributed by atoms with Crippen LogP contribution in [-0.2, 0) is 11.3 Å². The average Bonchev–Trinajstić information content (AvgIpc) is 2.54. The molecule has 0 aliphatic rings. The fourth-order valence-electron chi connectivity index (χ4n) is 1.94. The van der Waals surface area contributed by atoms with Gasteiger partial charge in [0.15, 0.2) is 0 Å². The lowest BCUT2D eigenvalue weighted by Gasteiger charge is -2.06. The Hall–Kier alpha value is -2.04. The molecule has 2 rings (SSSR count). The number of nitrogens with zero attached hydrogens (tertiary/aromatic N) is 1. The molecule has 4 nitrogen and oxygen atoms in total. The quantitative estimate of drug-likeness (QED) is 0.641. The Balaban J connectivity index is 1.75. The van der Waals surface area contributed by atoms with E-state index in [-0.39, 0.29) is 11.5 Å². The van der Waals surface area contributed by atoms with Crippen LogP contribution in [0.5, 0.6) is 0 Å². The summed E-state index contributed by atoms with van der Waals surface area (Å²) < 4.78 is 1.53. The van der Waals surface area contributed by atoms with E-state index in [4.69, 9.17) is 23.2 Å². The van der Waals surface area contributed by atoms with Crippen molar-refractivity contribution in [2.24, 2.45) is 0 Å². The Kier molecular flexibility index (Phi) is 6.44. The van der Waals surface area contributed by atoms with Gasteiger partial charge in [-0.3, -0.25) is 9.59 Å². The molecule has 0 aliphatic carbocycles. The minimum Gasteiger partial charge on any atom is -0.352 e. The summed E-state index contributed by atoms with van der Waals surface area (Å²) in [6, 6.07) is 10.2. The summed E-state index contributed by atoms with van der Waals surface area (Å²) >= 11 is 11.6. The van der Waals surface area contributed by atoms with Gasteiger partial charge in [-0.05, 0) is 36.3 Å². The first-order valence-corrected chi connectivity index (χ1v) is 7.88. The van der Waals surface area contributed by atoms with Crippen LogP contribution >= 0.6 is 23.2 Å². The molecule has 0 bridgehead atoms. The lowest BCUT2D eigenvalue weighted by atomic mass is 10.2. The highest BCUT2D eigenvalue weighted by atomic mass is 35.5. The minimum absolute atomic E-state index is 0.108. The van der Waals surface area contributed by atoms with E-state index in [1.165, 1.54) is 16.7 Å². The van der Waals surface area contributed by atoms with Gasteiger partial charge in [0.1, 0.15) is 0 Å². The van der Waals surface area contributed by atoms with Crippen molar-refractivity contribution < 1.29 is 4.79 Å².